The molecule has 0 spiro atoms. The van der Waals surface area contributed by atoms with Crippen molar-refractivity contribution in [1.29, 1.82) is 0 Å². The molecule has 0 aliphatic carbocycles. The molecule has 0 aliphatic rings. The summed E-state index contributed by atoms with van der Waals surface area (Å²) in [5.74, 6) is 0.379. The second-order valence-corrected chi connectivity index (χ2v) is 8.72. The van der Waals surface area contributed by atoms with E-state index in [2.05, 4.69) is 19.1 Å². The summed E-state index contributed by atoms with van der Waals surface area (Å²) in [4.78, 5) is 3.36. The van der Waals surface area contributed by atoms with E-state index in [-0.39, 0.29) is 11.6 Å². The zero-order valence-corrected chi connectivity index (χ0v) is 13.7. The van der Waals surface area contributed by atoms with Crippen LogP contribution in [0.25, 0.3) is 0 Å². The lowest BCUT2D eigenvalue weighted by Crippen LogP contribution is -2.06. The van der Waals surface area contributed by atoms with Crippen molar-refractivity contribution >= 4 is 10.0 Å². The molecule has 0 radical (unpaired) electrons. The smallest absolute Gasteiger partial charge is 0.123 e. The molecule has 0 saturated heterocycles. The predicted octanol–water partition coefficient (Wildman–Crippen LogP) is 6.27. The van der Waals surface area contributed by atoms with Gasteiger partial charge in [0.1, 0.15) is 11.6 Å². The van der Waals surface area contributed by atoms with Crippen LogP contribution < -0.4 is 0 Å². The summed E-state index contributed by atoms with van der Waals surface area (Å²) in [6, 6.07) is 23.6. The van der Waals surface area contributed by atoms with E-state index in [1.807, 2.05) is 42.5 Å². The summed E-state index contributed by atoms with van der Waals surface area (Å²) >= 11 is 0. The Hall–Kier alpha value is -2.13. The topological polar surface area (TPSA) is 0 Å². The fourth-order valence-electron chi connectivity index (χ4n) is 2.89. The first kappa shape index (κ1) is 15.8. The molecule has 0 aromatic heterocycles. The summed E-state index contributed by atoms with van der Waals surface area (Å²) < 4.78 is 26.8. The first-order valence-corrected chi connectivity index (χ1v) is 9.34. The Morgan fingerprint density at radius 2 is 1.00 bits per heavy atom. The highest BCUT2D eigenvalue weighted by molar-refractivity contribution is 8.33. The predicted molar refractivity (Wildman–Crippen MR) is 92.2 cm³/mol. The van der Waals surface area contributed by atoms with Gasteiger partial charge in [0.05, 0.1) is 0 Å². The third kappa shape index (κ3) is 2.89. The van der Waals surface area contributed by atoms with Crippen LogP contribution in [0.4, 0.5) is 8.78 Å². The fraction of sp³-hybridized carbons (Fsp3) is 0.100. The summed E-state index contributed by atoms with van der Waals surface area (Å²) in [5.41, 5.74) is 0. The van der Waals surface area contributed by atoms with E-state index in [0.29, 0.717) is 0 Å². The molecule has 0 heterocycles. The Kier molecular flexibility index (Phi) is 4.49. The van der Waals surface area contributed by atoms with E-state index < -0.39 is 10.0 Å². The molecule has 0 unspecified atom stereocenters. The van der Waals surface area contributed by atoms with Gasteiger partial charge in [-0.15, -0.1) is 0 Å². The molecule has 0 nitrogen and oxygen atoms in total. The summed E-state index contributed by atoms with van der Waals surface area (Å²) in [7, 11) is -1.54. The molecule has 3 rings (SSSR count). The summed E-state index contributed by atoms with van der Waals surface area (Å²) in [6.45, 7) is 2.13. The minimum absolute atomic E-state index is 0.245. The molecule has 0 fully saturated rings. The maximum absolute atomic E-state index is 13.4. The highest BCUT2D eigenvalue weighted by Gasteiger charge is 2.29. The molecular formula is C20H18F2S. The lowest BCUT2D eigenvalue weighted by Gasteiger charge is -2.40. The molecule has 3 heteroatoms. The quantitative estimate of drug-likeness (QED) is 0.530. The Bertz CT molecular complexity index is 720. The van der Waals surface area contributed by atoms with Gasteiger partial charge in [-0.25, -0.2) is 8.78 Å². The van der Waals surface area contributed by atoms with Gasteiger partial charge in [-0.05, 0) is 81.1 Å². The van der Waals surface area contributed by atoms with Crippen LogP contribution in [0.1, 0.15) is 6.92 Å². The maximum atomic E-state index is 13.4. The van der Waals surface area contributed by atoms with Crippen LogP contribution in [0.3, 0.4) is 0 Å². The van der Waals surface area contributed by atoms with E-state index in [9.17, 15) is 8.78 Å². The summed E-state index contributed by atoms with van der Waals surface area (Å²) in [5, 5.41) is 0. The van der Waals surface area contributed by atoms with Gasteiger partial charge < -0.3 is 0 Å². The normalized spacial score (nSPS) is 12.1. The number of hydrogen-bond acceptors (Lipinski definition) is 0. The van der Waals surface area contributed by atoms with Crippen molar-refractivity contribution in [1.82, 2.24) is 0 Å². The molecule has 0 atom stereocenters. The number of rotatable bonds is 4. The largest absolute Gasteiger partial charge is 0.207 e. The SMILES string of the molecule is CCS(c1ccccc1)(c1ccc(F)cc1)c1ccc(F)cc1. The average Bonchev–Trinajstić information content (AvgIpc) is 2.60. The van der Waals surface area contributed by atoms with Gasteiger partial charge in [-0.2, -0.15) is 10.0 Å². The van der Waals surface area contributed by atoms with Crippen molar-refractivity contribution in [3.8, 4) is 0 Å². The minimum atomic E-state index is -1.54. The van der Waals surface area contributed by atoms with Gasteiger partial charge in [0.15, 0.2) is 0 Å². The lowest BCUT2D eigenvalue weighted by molar-refractivity contribution is 0.626. The van der Waals surface area contributed by atoms with E-state index in [1.54, 1.807) is 0 Å². The van der Waals surface area contributed by atoms with Crippen molar-refractivity contribution < 1.29 is 8.78 Å². The Labute approximate surface area is 137 Å². The van der Waals surface area contributed by atoms with Gasteiger partial charge in [0.2, 0.25) is 0 Å². The Morgan fingerprint density at radius 3 is 1.39 bits per heavy atom. The Balaban J connectivity index is 2.27. The van der Waals surface area contributed by atoms with Gasteiger partial charge in [-0.1, -0.05) is 25.1 Å². The molecule has 0 aliphatic heterocycles. The number of hydrogen-bond donors (Lipinski definition) is 0. The molecule has 3 aromatic carbocycles. The highest BCUT2D eigenvalue weighted by atomic mass is 32.3. The van der Waals surface area contributed by atoms with Crippen LogP contribution in [0.5, 0.6) is 0 Å². The first-order chi connectivity index (χ1) is 11.2. The Morgan fingerprint density at radius 1 is 0.609 bits per heavy atom. The van der Waals surface area contributed by atoms with Gasteiger partial charge in [0, 0.05) is 0 Å². The highest BCUT2D eigenvalue weighted by Crippen LogP contribution is 2.67. The maximum Gasteiger partial charge on any atom is 0.123 e. The average molecular weight is 328 g/mol. The molecular weight excluding hydrogens is 310 g/mol. The van der Waals surface area contributed by atoms with Crippen LogP contribution >= 0.6 is 10.0 Å². The van der Waals surface area contributed by atoms with Crippen molar-refractivity contribution in [2.45, 2.75) is 21.6 Å². The van der Waals surface area contributed by atoms with Crippen molar-refractivity contribution in [3.63, 3.8) is 0 Å². The second-order valence-electron chi connectivity index (χ2n) is 5.25. The number of halogens is 2. The fourth-order valence-corrected chi connectivity index (χ4v) is 6.53. The van der Waals surface area contributed by atoms with Crippen LogP contribution in [0, 0.1) is 11.6 Å². The van der Waals surface area contributed by atoms with Crippen LogP contribution in [0.15, 0.2) is 93.5 Å². The van der Waals surface area contributed by atoms with Gasteiger partial charge in [-0.3, -0.25) is 0 Å². The molecule has 0 saturated carbocycles. The van der Waals surface area contributed by atoms with E-state index in [4.69, 9.17) is 0 Å². The molecule has 118 valence electrons. The van der Waals surface area contributed by atoms with Crippen molar-refractivity contribution in [3.05, 3.63) is 90.5 Å². The van der Waals surface area contributed by atoms with Crippen molar-refractivity contribution in [2.75, 3.05) is 5.75 Å². The van der Waals surface area contributed by atoms with E-state index >= 15 is 0 Å². The van der Waals surface area contributed by atoms with Gasteiger partial charge in [0.25, 0.3) is 0 Å². The third-order valence-corrected chi connectivity index (χ3v) is 8.11. The van der Waals surface area contributed by atoms with Crippen LogP contribution in [-0.4, -0.2) is 5.75 Å². The third-order valence-electron chi connectivity index (χ3n) is 4.01. The zero-order valence-electron chi connectivity index (χ0n) is 12.9. The van der Waals surface area contributed by atoms with Crippen LogP contribution in [-0.2, 0) is 0 Å². The first-order valence-electron chi connectivity index (χ1n) is 7.54. The second kappa shape index (κ2) is 6.55. The van der Waals surface area contributed by atoms with Gasteiger partial charge >= 0.3 is 0 Å². The molecule has 0 amide bonds. The monoisotopic (exact) mass is 328 g/mol. The number of benzene rings is 3. The van der Waals surface area contributed by atoms with E-state index in [0.717, 1.165) is 15.5 Å². The standard InChI is InChI=1S/C20H18F2S/c1-2-23(18-6-4-3-5-7-18,19-12-8-16(21)9-13-19)20-14-10-17(22)11-15-20/h3-15H,2H2,1H3. The van der Waals surface area contributed by atoms with Crippen LogP contribution in [0.2, 0.25) is 0 Å². The molecule has 23 heavy (non-hydrogen) atoms. The molecule has 0 bridgehead atoms. The minimum Gasteiger partial charge on any atom is -0.207 e. The molecule has 3 aromatic rings. The summed E-state index contributed by atoms with van der Waals surface area (Å²) in [6.07, 6.45) is 0. The lowest BCUT2D eigenvalue weighted by atomic mass is 10.3. The zero-order chi connectivity index (χ0) is 16.3. The van der Waals surface area contributed by atoms with E-state index in [1.165, 1.54) is 29.2 Å². The van der Waals surface area contributed by atoms with Crippen molar-refractivity contribution in [2.24, 2.45) is 0 Å². The molecule has 0 N–H and O–H groups in total.